The molecule has 2 aromatic rings. The first-order chi connectivity index (χ1) is 9.10. The first-order valence-electron chi connectivity index (χ1n) is 6.39. The molecule has 19 heavy (non-hydrogen) atoms. The van der Waals surface area contributed by atoms with Gasteiger partial charge in [-0.1, -0.05) is 41.4 Å². The van der Waals surface area contributed by atoms with E-state index in [4.69, 9.17) is 17.3 Å². The molecule has 0 bridgehead atoms. The van der Waals surface area contributed by atoms with Crippen LogP contribution in [0.1, 0.15) is 22.7 Å². The number of hydrogen-bond acceptors (Lipinski definition) is 2. The molecule has 0 fully saturated rings. The lowest BCUT2D eigenvalue weighted by Crippen LogP contribution is -2.21. The zero-order valence-corrected chi connectivity index (χ0v) is 12.0. The number of halogens is 1. The third kappa shape index (κ3) is 3.49. The van der Waals surface area contributed by atoms with Gasteiger partial charge < -0.3 is 11.1 Å². The molecule has 2 rings (SSSR count). The highest BCUT2D eigenvalue weighted by molar-refractivity contribution is 6.30. The summed E-state index contributed by atoms with van der Waals surface area (Å²) in [5, 5.41) is 4.22. The maximum absolute atomic E-state index is 6.03. The Morgan fingerprint density at radius 1 is 1.16 bits per heavy atom. The number of rotatable bonds is 4. The predicted molar refractivity (Wildman–Crippen MR) is 82.8 cm³/mol. The SMILES string of the molecule is Cc1ccc(NC(CN)c2cccc(Cl)c2)c(C)c1. The molecule has 100 valence electrons. The molecule has 0 saturated heterocycles. The van der Waals surface area contributed by atoms with Gasteiger partial charge in [0.1, 0.15) is 0 Å². The van der Waals surface area contributed by atoms with Crippen LogP contribution in [0.2, 0.25) is 5.02 Å². The van der Waals surface area contributed by atoms with E-state index in [-0.39, 0.29) is 6.04 Å². The molecule has 3 heteroatoms. The second-order valence-corrected chi connectivity index (χ2v) is 5.24. The second kappa shape index (κ2) is 6.09. The molecule has 0 aliphatic rings. The Labute approximate surface area is 119 Å². The minimum Gasteiger partial charge on any atom is -0.377 e. The van der Waals surface area contributed by atoms with Crippen LogP contribution in [0, 0.1) is 13.8 Å². The highest BCUT2D eigenvalue weighted by atomic mass is 35.5. The molecule has 0 aromatic heterocycles. The Morgan fingerprint density at radius 3 is 2.58 bits per heavy atom. The van der Waals surface area contributed by atoms with Crippen LogP contribution >= 0.6 is 11.6 Å². The zero-order chi connectivity index (χ0) is 13.8. The van der Waals surface area contributed by atoms with Crippen LogP contribution in [0.5, 0.6) is 0 Å². The summed E-state index contributed by atoms with van der Waals surface area (Å²) >= 11 is 6.03. The Bertz CT molecular complexity index is 566. The highest BCUT2D eigenvalue weighted by Gasteiger charge is 2.11. The smallest absolute Gasteiger partial charge is 0.0636 e. The maximum atomic E-state index is 6.03. The fourth-order valence-corrected chi connectivity index (χ4v) is 2.36. The molecule has 0 radical (unpaired) electrons. The van der Waals surface area contributed by atoms with Crippen LogP contribution in [0.15, 0.2) is 42.5 Å². The van der Waals surface area contributed by atoms with E-state index < -0.39 is 0 Å². The Balaban J connectivity index is 2.24. The summed E-state index contributed by atoms with van der Waals surface area (Å²) in [4.78, 5) is 0. The van der Waals surface area contributed by atoms with Crippen LogP contribution in [-0.2, 0) is 0 Å². The van der Waals surface area contributed by atoms with Crippen LogP contribution in [0.25, 0.3) is 0 Å². The fraction of sp³-hybridized carbons (Fsp3) is 0.250. The number of hydrogen-bond donors (Lipinski definition) is 2. The van der Waals surface area contributed by atoms with Crippen molar-refractivity contribution >= 4 is 17.3 Å². The molecule has 3 N–H and O–H groups in total. The average Bonchev–Trinajstić information content (AvgIpc) is 2.38. The molecule has 0 amide bonds. The molecular weight excluding hydrogens is 256 g/mol. The largest absolute Gasteiger partial charge is 0.377 e. The van der Waals surface area contributed by atoms with Gasteiger partial charge in [0.15, 0.2) is 0 Å². The molecule has 2 aromatic carbocycles. The standard InChI is InChI=1S/C16H19ClN2/c1-11-6-7-15(12(2)8-11)19-16(10-18)13-4-3-5-14(17)9-13/h3-9,16,19H,10,18H2,1-2H3. The van der Waals surface area contributed by atoms with E-state index in [0.717, 1.165) is 16.3 Å². The van der Waals surface area contributed by atoms with Crippen LogP contribution < -0.4 is 11.1 Å². The van der Waals surface area contributed by atoms with Crippen LogP contribution in [-0.4, -0.2) is 6.54 Å². The normalized spacial score (nSPS) is 12.2. The van der Waals surface area contributed by atoms with Gasteiger partial charge in [-0.25, -0.2) is 0 Å². The van der Waals surface area contributed by atoms with E-state index in [0.29, 0.717) is 6.54 Å². The summed E-state index contributed by atoms with van der Waals surface area (Å²) in [5.41, 5.74) is 10.6. The van der Waals surface area contributed by atoms with Crippen LogP contribution in [0.3, 0.4) is 0 Å². The van der Waals surface area contributed by atoms with Gasteiger partial charge in [-0.3, -0.25) is 0 Å². The number of benzene rings is 2. The molecule has 1 unspecified atom stereocenters. The maximum Gasteiger partial charge on any atom is 0.0636 e. The summed E-state index contributed by atoms with van der Waals surface area (Å²) < 4.78 is 0. The van der Waals surface area contributed by atoms with Crippen molar-refractivity contribution in [1.82, 2.24) is 0 Å². The number of nitrogens with one attached hydrogen (secondary N) is 1. The van der Waals surface area contributed by atoms with Crippen LogP contribution in [0.4, 0.5) is 5.69 Å². The third-order valence-electron chi connectivity index (χ3n) is 3.20. The molecular formula is C16H19ClN2. The van der Waals surface area contributed by atoms with E-state index in [1.54, 1.807) is 0 Å². The second-order valence-electron chi connectivity index (χ2n) is 4.81. The fourth-order valence-electron chi connectivity index (χ4n) is 2.16. The van der Waals surface area contributed by atoms with E-state index in [9.17, 15) is 0 Å². The Morgan fingerprint density at radius 2 is 1.95 bits per heavy atom. The first kappa shape index (κ1) is 13.9. The topological polar surface area (TPSA) is 38.0 Å². The van der Waals surface area contributed by atoms with E-state index in [1.807, 2.05) is 24.3 Å². The van der Waals surface area contributed by atoms with E-state index in [1.165, 1.54) is 11.1 Å². The van der Waals surface area contributed by atoms with Crippen molar-refractivity contribution < 1.29 is 0 Å². The molecule has 2 nitrogen and oxygen atoms in total. The summed E-state index contributed by atoms with van der Waals surface area (Å²) in [6, 6.07) is 14.2. The minimum absolute atomic E-state index is 0.0695. The number of anilines is 1. The Hall–Kier alpha value is -1.51. The van der Waals surface area contributed by atoms with Gasteiger partial charge >= 0.3 is 0 Å². The van der Waals surface area contributed by atoms with Crippen molar-refractivity contribution in [2.24, 2.45) is 5.73 Å². The van der Waals surface area contributed by atoms with E-state index >= 15 is 0 Å². The summed E-state index contributed by atoms with van der Waals surface area (Å²) in [6.45, 7) is 4.71. The lowest BCUT2D eigenvalue weighted by atomic mass is 10.0. The van der Waals surface area contributed by atoms with Gasteiger partial charge in [0.05, 0.1) is 6.04 Å². The molecule has 0 saturated carbocycles. The number of nitrogens with two attached hydrogens (primary N) is 1. The van der Waals surface area contributed by atoms with Crippen molar-refractivity contribution in [3.8, 4) is 0 Å². The highest BCUT2D eigenvalue weighted by Crippen LogP contribution is 2.24. The third-order valence-corrected chi connectivity index (χ3v) is 3.43. The van der Waals surface area contributed by atoms with Crippen molar-refractivity contribution in [3.63, 3.8) is 0 Å². The van der Waals surface area contributed by atoms with Crippen molar-refractivity contribution in [3.05, 3.63) is 64.2 Å². The lowest BCUT2D eigenvalue weighted by Gasteiger charge is -2.20. The minimum atomic E-state index is 0.0695. The van der Waals surface area contributed by atoms with Gasteiger partial charge in [0.25, 0.3) is 0 Å². The summed E-state index contributed by atoms with van der Waals surface area (Å²) in [6.07, 6.45) is 0. The van der Waals surface area contributed by atoms with Gasteiger partial charge in [0, 0.05) is 17.3 Å². The van der Waals surface area contributed by atoms with Gasteiger partial charge in [-0.15, -0.1) is 0 Å². The quantitative estimate of drug-likeness (QED) is 0.882. The summed E-state index contributed by atoms with van der Waals surface area (Å²) in [7, 11) is 0. The average molecular weight is 275 g/mol. The molecule has 0 heterocycles. The molecule has 0 spiro atoms. The predicted octanol–water partition coefficient (Wildman–Crippen LogP) is 4.07. The Kier molecular flexibility index (Phi) is 4.46. The number of aryl methyl sites for hydroxylation is 2. The monoisotopic (exact) mass is 274 g/mol. The summed E-state index contributed by atoms with van der Waals surface area (Å²) in [5.74, 6) is 0. The molecule has 0 aliphatic heterocycles. The van der Waals surface area contributed by atoms with Crippen molar-refractivity contribution in [2.45, 2.75) is 19.9 Å². The van der Waals surface area contributed by atoms with Crippen molar-refractivity contribution in [1.29, 1.82) is 0 Å². The zero-order valence-electron chi connectivity index (χ0n) is 11.3. The van der Waals surface area contributed by atoms with Gasteiger partial charge in [-0.2, -0.15) is 0 Å². The van der Waals surface area contributed by atoms with E-state index in [2.05, 4.69) is 37.4 Å². The van der Waals surface area contributed by atoms with Gasteiger partial charge in [-0.05, 0) is 43.2 Å². The van der Waals surface area contributed by atoms with Gasteiger partial charge in [0.2, 0.25) is 0 Å². The molecule has 1 atom stereocenters. The van der Waals surface area contributed by atoms with Crippen molar-refractivity contribution in [2.75, 3.05) is 11.9 Å². The first-order valence-corrected chi connectivity index (χ1v) is 6.77. The lowest BCUT2D eigenvalue weighted by molar-refractivity contribution is 0.789. The molecule has 0 aliphatic carbocycles.